The fourth-order valence-corrected chi connectivity index (χ4v) is 1.45. The van der Waals surface area contributed by atoms with E-state index in [1.54, 1.807) is 0 Å². The number of aliphatic hydroxyl groups is 1. The second kappa shape index (κ2) is 4.24. The van der Waals surface area contributed by atoms with E-state index in [2.05, 4.69) is 0 Å². The molecule has 0 spiro atoms. The fraction of sp³-hybridized carbons (Fsp3) is 0.364. The maximum Gasteiger partial charge on any atom is 0.308 e. The van der Waals surface area contributed by atoms with Gasteiger partial charge >= 0.3 is 5.97 Å². The molecule has 0 saturated carbocycles. The zero-order chi connectivity index (χ0) is 10.7. The molecule has 0 saturated heterocycles. The van der Waals surface area contributed by atoms with E-state index in [1.165, 1.54) is 6.92 Å². The average Bonchev–Trinajstić information content (AvgIpc) is 2.08. The molecule has 1 aromatic carbocycles. The van der Waals surface area contributed by atoms with Crippen molar-refractivity contribution >= 4 is 5.97 Å². The summed E-state index contributed by atoms with van der Waals surface area (Å²) in [4.78, 5) is 10.8. The van der Waals surface area contributed by atoms with Gasteiger partial charge in [0.15, 0.2) is 0 Å². The van der Waals surface area contributed by atoms with Gasteiger partial charge in [-0.2, -0.15) is 0 Å². The molecule has 3 nitrogen and oxygen atoms in total. The molecule has 14 heavy (non-hydrogen) atoms. The third-order valence-electron chi connectivity index (χ3n) is 1.91. The highest BCUT2D eigenvalue weighted by Crippen LogP contribution is 2.25. The summed E-state index contributed by atoms with van der Waals surface area (Å²) in [5.74, 6) is 0.109. The summed E-state index contributed by atoms with van der Waals surface area (Å²) in [6.45, 7) is 5.01. The first-order valence-electron chi connectivity index (χ1n) is 4.44. The smallest absolute Gasteiger partial charge is 0.308 e. The number of benzene rings is 1. The van der Waals surface area contributed by atoms with Crippen LogP contribution in [0.15, 0.2) is 12.1 Å². The van der Waals surface area contributed by atoms with Crippen molar-refractivity contribution in [3.05, 3.63) is 28.8 Å². The van der Waals surface area contributed by atoms with Crippen molar-refractivity contribution in [3.63, 3.8) is 0 Å². The normalized spacial score (nSPS) is 10.0. The zero-order valence-corrected chi connectivity index (χ0v) is 8.63. The Kier molecular flexibility index (Phi) is 3.25. The van der Waals surface area contributed by atoms with Crippen LogP contribution in [0.5, 0.6) is 5.75 Å². The van der Waals surface area contributed by atoms with Gasteiger partial charge in [0.2, 0.25) is 0 Å². The Morgan fingerprint density at radius 3 is 2.57 bits per heavy atom. The Balaban J connectivity index is 3.18. The largest absolute Gasteiger partial charge is 0.426 e. The Hall–Kier alpha value is -1.35. The van der Waals surface area contributed by atoms with Crippen LogP contribution in [0.4, 0.5) is 0 Å². The monoisotopic (exact) mass is 194 g/mol. The number of esters is 1. The van der Waals surface area contributed by atoms with Crippen molar-refractivity contribution in [1.29, 1.82) is 0 Å². The van der Waals surface area contributed by atoms with Crippen LogP contribution in [0.25, 0.3) is 0 Å². The third kappa shape index (κ3) is 2.33. The van der Waals surface area contributed by atoms with E-state index in [9.17, 15) is 4.79 Å². The van der Waals surface area contributed by atoms with E-state index in [0.717, 1.165) is 11.1 Å². The number of aliphatic hydroxyl groups excluding tert-OH is 1. The molecule has 0 radical (unpaired) electrons. The van der Waals surface area contributed by atoms with Crippen LogP contribution in [0.2, 0.25) is 0 Å². The molecule has 0 heterocycles. The highest BCUT2D eigenvalue weighted by atomic mass is 16.5. The number of hydrogen-bond donors (Lipinski definition) is 1. The molecule has 0 aliphatic rings. The van der Waals surface area contributed by atoms with Crippen LogP contribution in [0.3, 0.4) is 0 Å². The second-order valence-corrected chi connectivity index (χ2v) is 3.32. The third-order valence-corrected chi connectivity index (χ3v) is 1.91. The molecule has 0 atom stereocenters. The van der Waals surface area contributed by atoms with Crippen molar-refractivity contribution < 1.29 is 14.6 Å². The van der Waals surface area contributed by atoms with Gasteiger partial charge in [0.05, 0.1) is 6.61 Å². The maximum atomic E-state index is 10.8. The summed E-state index contributed by atoms with van der Waals surface area (Å²) in [5, 5.41) is 9.09. The van der Waals surface area contributed by atoms with Gasteiger partial charge in [-0.05, 0) is 19.4 Å². The van der Waals surface area contributed by atoms with Crippen LogP contribution in [-0.4, -0.2) is 11.1 Å². The summed E-state index contributed by atoms with van der Waals surface area (Å²) in [6.07, 6.45) is 0. The first kappa shape index (κ1) is 10.7. The molecule has 0 aliphatic carbocycles. The van der Waals surface area contributed by atoms with Gasteiger partial charge in [-0.1, -0.05) is 17.7 Å². The topological polar surface area (TPSA) is 46.5 Å². The summed E-state index contributed by atoms with van der Waals surface area (Å²) in [5.41, 5.74) is 2.56. The standard InChI is InChI=1S/C11H14O3/c1-7-4-8(2)11(14-9(3)13)10(5-7)6-12/h4-5,12H,6H2,1-3H3. The average molecular weight is 194 g/mol. The predicted molar refractivity (Wildman–Crippen MR) is 53.1 cm³/mol. The molecule has 3 heteroatoms. The Bertz CT molecular complexity index is 356. The SMILES string of the molecule is CC(=O)Oc1c(C)cc(C)cc1CO. The molecular weight excluding hydrogens is 180 g/mol. The van der Waals surface area contributed by atoms with Crippen LogP contribution >= 0.6 is 0 Å². The number of carbonyl (C=O) groups is 1. The minimum absolute atomic E-state index is 0.120. The minimum atomic E-state index is -0.369. The van der Waals surface area contributed by atoms with E-state index in [4.69, 9.17) is 9.84 Å². The van der Waals surface area contributed by atoms with Gasteiger partial charge in [-0.3, -0.25) is 4.79 Å². The van der Waals surface area contributed by atoms with Crippen molar-refractivity contribution in [1.82, 2.24) is 0 Å². The van der Waals surface area contributed by atoms with Gasteiger partial charge in [0.25, 0.3) is 0 Å². The number of carbonyl (C=O) groups excluding carboxylic acids is 1. The predicted octanol–water partition coefficient (Wildman–Crippen LogP) is 1.72. The number of rotatable bonds is 2. The van der Waals surface area contributed by atoms with Crippen LogP contribution in [0.1, 0.15) is 23.6 Å². The molecule has 0 bridgehead atoms. The van der Waals surface area contributed by atoms with Crippen molar-refractivity contribution in [2.24, 2.45) is 0 Å². The van der Waals surface area contributed by atoms with Gasteiger partial charge in [0, 0.05) is 12.5 Å². The summed E-state index contributed by atoms with van der Waals surface area (Å²) >= 11 is 0. The van der Waals surface area contributed by atoms with Crippen LogP contribution in [-0.2, 0) is 11.4 Å². The molecule has 1 rings (SSSR count). The molecule has 0 amide bonds. The van der Waals surface area contributed by atoms with Crippen molar-refractivity contribution in [3.8, 4) is 5.75 Å². The second-order valence-electron chi connectivity index (χ2n) is 3.32. The van der Waals surface area contributed by atoms with Crippen molar-refractivity contribution in [2.75, 3.05) is 0 Å². The van der Waals surface area contributed by atoms with E-state index in [0.29, 0.717) is 11.3 Å². The maximum absolute atomic E-state index is 10.8. The first-order chi connectivity index (χ1) is 6.54. The molecular formula is C11H14O3. The Morgan fingerprint density at radius 2 is 2.07 bits per heavy atom. The summed E-state index contributed by atoms with van der Waals surface area (Å²) in [7, 11) is 0. The van der Waals surface area contributed by atoms with E-state index in [1.807, 2.05) is 26.0 Å². The van der Waals surface area contributed by atoms with Crippen LogP contribution in [0, 0.1) is 13.8 Å². The lowest BCUT2D eigenvalue weighted by atomic mass is 10.1. The zero-order valence-electron chi connectivity index (χ0n) is 8.63. The molecule has 1 aromatic rings. The number of ether oxygens (including phenoxy) is 1. The van der Waals surface area contributed by atoms with Gasteiger partial charge in [-0.25, -0.2) is 0 Å². The fourth-order valence-electron chi connectivity index (χ4n) is 1.45. The minimum Gasteiger partial charge on any atom is -0.426 e. The first-order valence-corrected chi connectivity index (χ1v) is 4.44. The number of aryl methyl sites for hydroxylation is 2. The van der Waals surface area contributed by atoms with Gasteiger partial charge < -0.3 is 9.84 Å². The molecule has 1 N–H and O–H groups in total. The lowest BCUT2D eigenvalue weighted by Crippen LogP contribution is -2.06. The van der Waals surface area contributed by atoms with E-state index >= 15 is 0 Å². The molecule has 76 valence electrons. The molecule has 0 unspecified atom stereocenters. The van der Waals surface area contributed by atoms with Gasteiger partial charge in [0.1, 0.15) is 5.75 Å². The van der Waals surface area contributed by atoms with Gasteiger partial charge in [-0.15, -0.1) is 0 Å². The molecule has 0 fully saturated rings. The van der Waals surface area contributed by atoms with Crippen molar-refractivity contribution in [2.45, 2.75) is 27.4 Å². The summed E-state index contributed by atoms with van der Waals surface area (Å²) in [6, 6.07) is 3.72. The molecule has 0 aromatic heterocycles. The van der Waals surface area contributed by atoms with E-state index < -0.39 is 0 Å². The lowest BCUT2D eigenvalue weighted by Gasteiger charge is -2.11. The lowest BCUT2D eigenvalue weighted by molar-refractivity contribution is -0.132. The van der Waals surface area contributed by atoms with E-state index in [-0.39, 0.29) is 12.6 Å². The Labute approximate surface area is 83.3 Å². The highest BCUT2D eigenvalue weighted by Gasteiger charge is 2.09. The highest BCUT2D eigenvalue weighted by molar-refractivity contribution is 5.70. The quantitative estimate of drug-likeness (QED) is 0.576. The molecule has 0 aliphatic heterocycles. The Morgan fingerprint density at radius 1 is 1.43 bits per heavy atom. The summed E-state index contributed by atoms with van der Waals surface area (Å²) < 4.78 is 5.02. The number of hydrogen-bond acceptors (Lipinski definition) is 3. The van der Waals surface area contributed by atoms with Crippen LogP contribution < -0.4 is 4.74 Å².